The zero-order valence-corrected chi connectivity index (χ0v) is 11.5. The molecule has 3 rings (SSSR count). The molecule has 0 radical (unpaired) electrons. The molecule has 2 N–H and O–H groups in total. The monoisotopic (exact) mass is 282 g/mol. The van der Waals surface area contributed by atoms with Gasteiger partial charge >= 0.3 is 0 Å². The van der Waals surface area contributed by atoms with Crippen molar-refractivity contribution in [3.63, 3.8) is 0 Å². The Kier molecular flexibility index (Phi) is 3.31. The number of carbonyl (C=O) groups excluding carboxylic acids is 2. The topological polar surface area (TPSA) is 67.4 Å². The van der Waals surface area contributed by atoms with E-state index in [1.807, 2.05) is 25.1 Å². The summed E-state index contributed by atoms with van der Waals surface area (Å²) in [5.41, 5.74) is 2.78. The zero-order chi connectivity index (χ0) is 14.8. The molecule has 0 spiro atoms. The molecule has 0 saturated heterocycles. The Morgan fingerprint density at radius 3 is 2.90 bits per heavy atom. The molecular weight excluding hydrogens is 268 g/mol. The fourth-order valence-corrected chi connectivity index (χ4v) is 2.15. The van der Waals surface area contributed by atoms with Gasteiger partial charge < -0.3 is 15.4 Å². The first kappa shape index (κ1) is 13.2. The third-order valence-corrected chi connectivity index (χ3v) is 3.15. The highest BCUT2D eigenvalue weighted by atomic mass is 16.5. The van der Waals surface area contributed by atoms with Crippen LogP contribution in [0.3, 0.4) is 0 Å². The van der Waals surface area contributed by atoms with Crippen LogP contribution < -0.4 is 15.4 Å². The molecule has 106 valence electrons. The zero-order valence-electron chi connectivity index (χ0n) is 11.5. The molecule has 0 saturated carbocycles. The van der Waals surface area contributed by atoms with Gasteiger partial charge in [-0.3, -0.25) is 9.59 Å². The molecule has 1 heterocycles. The van der Waals surface area contributed by atoms with E-state index in [1.54, 1.807) is 24.3 Å². The minimum Gasteiger partial charge on any atom is -0.482 e. The van der Waals surface area contributed by atoms with Crippen LogP contribution in [-0.2, 0) is 4.79 Å². The predicted molar refractivity (Wildman–Crippen MR) is 79.7 cm³/mol. The lowest BCUT2D eigenvalue weighted by Crippen LogP contribution is -2.25. The molecule has 0 bridgehead atoms. The summed E-state index contributed by atoms with van der Waals surface area (Å²) >= 11 is 0. The third kappa shape index (κ3) is 2.86. The van der Waals surface area contributed by atoms with Crippen LogP contribution in [0, 0.1) is 6.92 Å². The summed E-state index contributed by atoms with van der Waals surface area (Å²) < 4.78 is 5.27. The Morgan fingerprint density at radius 2 is 2.10 bits per heavy atom. The van der Waals surface area contributed by atoms with E-state index in [0.29, 0.717) is 22.7 Å². The van der Waals surface area contributed by atoms with E-state index < -0.39 is 0 Å². The second-order valence-corrected chi connectivity index (χ2v) is 4.87. The van der Waals surface area contributed by atoms with Crippen molar-refractivity contribution in [2.45, 2.75) is 6.92 Å². The Bertz CT molecular complexity index is 725. The molecule has 2 amide bonds. The first-order valence-electron chi connectivity index (χ1n) is 6.56. The van der Waals surface area contributed by atoms with E-state index in [4.69, 9.17) is 4.74 Å². The summed E-state index contributed by atoms with van der Waals surface area (Å²) in [6, 6.07) is 12.5. The molecular formula is C16H14N2O3. The van der Waals surface area contributed by atoms with Crippen molar-refractivity contribution in [3.05, 3.63) is 53.6 Å². The molecule has 0 aliphatic carbocycles. The number of amides is 2. The molecule has 0 fully saturated rings. The number of ether oxygens (including phenoxy) is 1. The number of fused-ring (bicyclic) bond motifs is 1. The second kappa shape index (κ2) is 5.28. The number of anilines is 2. The summed E-state index contributed by atoms with van der Waals surface area (Å²) in [4.78, 5) is 23.5. The first-order chi connectivity index (χ1) is 10.1. The van der Waals surface area contributed by atoms with Crippen LogP contribution in [-0.4, -0.2) is 18.4 Å². The fraction of sp³-hybridized carbons (Fsp3) is 0.125. The van der Waals surface area contributed by atoms with Crippen molar-refractivity contribution in [2.24, 2.45) is 0 Å². The van der Waals surface area contributed by atoms with Gasteiger partial charge in [-0.1, -0.05) is 17.7 Å². The average Bonchev–Trinajstić information content (AvgIpc) is 2.46. The number of benzene rings is 2. The van der Waals surface area contributed by atoms with Gasteiger partial charge in [-0.25, -0.2) is 0 Å². The number of nitrogens with one attached hydrogen (secondary N) is 2. The van der Waals surface area contributed by atoms with Crippen LogP contribution in [0.2, 0.25) is 0 Å². The maximum Gasteiger partial charge on any atom is 0.262 e. The summed E-state index contributed by atoms with van der Waals surface area (Å²) in [7, 11) is 0. The smallest absolute Gasteiger partial charge is 0.262 e. The van der Waals surface area contributed by atoms with Crippen molar-refractivity contribution in [3.8, 4) is 5.75 Å². The van der Waals surface area contributed by atoms with E-state index in [1.165, 1.54) is 0 Å². The van der Waals surface area contributed by atoms with Gasteiger partial charge in [0.2, 0.25) is 0 Å². The van der Waals surface area contributed by atoms with Crippen molar-refractivity contribution >= 4 is 23.2 Å². The standard InChI is InChI=1S/C16H14N2O3/c1-10-3-2-4-11(7-10)16(20)17-12-5-6-14-13(8-12)18-15(19)9-21-14/h2-8H,9H2,1H3,(H,17,20)(H,18,19). The van der Waals surface area contributed by atoms with E-state index in [-0.39, 0.29) is 18.4 Å². The van der Waals surface area contributed by atoms with Crippen LogP contribution in [0.4, 0.5) is 11.4 Å². The summed E-state index contributed by atoms with van der Waals surface area (Å²) in [6.45, 7) is 1.95. The van der Waals surface area contributed by atoms with E-state index in [0.717, 1.165) is 5.56 Å². The Balaban J connectivity index is 1.80. The maximum absolute atomic E-state index is 12.2. The molecule has 21 heavy (non-hydrogen) atoms. The summed E-state index contributed by atoms with van der Waals surface area (Å²) in [5, 5.41) is 5.51. The van der Waals surface area contributed by atoms with Crippen LogP contribution in [0.15, 0.2) is 42.5 Å². The number of hydrogen-bond donors (Lipinski definition) is 2. The fourth-order valence-electron chi connectivity index (χ4n) is 2.15. The Hall–Kier alpha value is -2.82. The van der Waals surface area contributed by atoms with Crippen molar-refractivity contribution in [2.75, 3.05) is 17.2 Å². The van der Waals surface area contributed by atoms with Gasteiger partial charge in [0.15, 0.2) is 6.61 Å². The first-order valence-corrected chi connectivity index (χ1v) is 6.56. The maximum atomic E-state index is 12.2. The van der Waals surface area contributed by atoms with Gasteiger partial charge in [0.1, 0.15) is 5.75 Å². The quantitative estimate of drug-likeness (QED) is 0.889. The third-order valence-electron chi connectivity index (χ3n) is 3.15. The molecule has 5 heteroatoms. The molecule has 0 aromatic heterocycles. The Morgan fingerprint density at radius 1 is 1.24 bits per heavy atom. The predicted octanol–water partition coefficient (Wildman–Crippen LogP) is 2.58. The van der Waals surface area contributed by atoms with Crippen LogP contribution in [0.5, 0.6) is 5.75 Å². The van der Waals surface area contributed by atoms with E-state index >= 15 is 0 Å². The molecule has 2 aromatic rings. The van der Waals surface area contributed by atoms with Crippen molar-refractivity contribution in [1.82, 2.24) is 0 Å². The molecule has 0 atom stereocenters. The number of carbonyl (C=O) groups is 2. The lowest BCUT2D eigenvalue weighted by atomic mass is 10.1. The summed E-state index contributed by atoms with van der Waals surface area (Å²) in [5.74, 6) is 0.203. The minimum atomic E-state index is -0.204. The number of rotatable bonds is 2. The van der Waals surface area contributed by atoms with Crippen LogP contribution in [0.1, 0.15) is 15.9 Å². The molecule has 5 nitrogen and oxygen atoms in total. The Labute approximate surface area is 121 Å². The van der Waals surface area contributed by atoms with Gasteiger partial charge in [0.05, 0.1) is 5.69 Å². The highest BCUT2D eigenvalue weighted by molar-refractivity contribution is 6.05. The van der Waals surface area contributed by atoms with Crippen molar-refractivity contribution < 1.29 is 14.3 Å². The highest BCUT2D eigenvalue weighted by Crippen LogP contribution is 2.30. The lowest BCUT2D eigenvalue weighted by Gasteiger charge is -2.18. The average molecular weight is 282 g/mol. The van der Waals surface area contributed by atoms with Gasteiger partial charge in [-0.2, -0.15) is 0 Å². The number of aryl methyl sites for hydroxylation is 1. The minimum absolute atomic E-state index is 0.0159. The molecule has 0 unspecified atom stereocenters. The van der Waals surface area contributed by atoms with Gasteiger partial charge in [0, 0.05) is 11.3 Å². The second-order valence-electron chi connectivity index (χ2n) is 4.87. The lowest BCUT2D eigenvalue weighted by molar-refractivity contribution is -0.118. The highest BCUT2D eigenvalue weighted by Gasteiger charge is 2.16. The molecule has 1 aliphatic rings. The van der Waals surface area contributed by atoms with E-state index in [2.05, 4.69) is 10.6 Å². The van der Waals surface area contributed by atoms with Gasteiger partial charge in [0.25, 0.3) is 11.8 Å². The SMILES string of the molecule is Cc1cccc(C(=O)Nc2ccc3c(c2)NC(=O)CO3)c1. The van der Waals surface area contributed by atoms with Gasteiger partial charge in [-0.05, 0) is 37.3 Å². The van der Waals surface area contributed by atoms with Crippen LogP contribution >= 0.6 is 0 Å². The molecule has 2 aromatic carbocycles. The molecule has 1 aliphatic heterocycles. The number of hydrogen-bond acceptors (Lipinski definition) is 3. The normalized spacial score (nSPS) is 12.9. The van der Waals surface area contributed by atoms with Gasteiger partial charge in [-0.15, -0.1) is 0 Å². The van der Waals surface area contributed by atoms with E-state index in [9.17, 15) is 9.59 Å². The largest absolute Gasteiger partial charge is 0.482 e. The van der Waals surface area contributed by atoms with Crippen LogP contribution in [0.25, 0.3) is 0 Å². The van der Waals surface area contributed by atoms with Crippen molar-refractivity contribution in [1.29, 1.82) is 0 Å². The summed E-state index contributed by atoms with van der Waals surface area (Å²) in [6.07, 6.45) is 0.